The van der Waals surface area contributed by atoms with Crippen molar-refractivity contribution in [1.29, 1.82) is 5.26 Å². The van der Waals surface area contributed by atoms with Gasteiger partial charge in [0.15, 0.2) is 5.71 Å². The van der Waals surface area contributed by atoms with Crippen LogP contribution < -0.4 is 0 Å². The summed E-state index contributed by atoms with van der Waals surface area (Å²) in [6.07, 6.45) is 0. The van der Waals surface area contributed by atoms with Gasteiger partial charge in [-0.25, -0.2) is 5.87 Å². The van der Waals surface area contributed by atoms with Gasteiger partial charge in [-0.3, -0.25) is 0 Å². The predicted molar refractivity (Wildman–Crippen MR) is 29.8 cm³/mol. The van der Waals surface area contributed by atoms with E-state index >= 15 is 0 Å². The summed E-state index contributed by atoms with van der Waals surface area (Å²) in [5.74, 6) is 1.67. The Morgan fingerprint density at radius 3 is 2.78 bits per heavy atom. The number of rotatable bonds is 0. The first-order chi connectivity index (χ1) is 4.38. The van der Waals surface area contributed by atoms with E-state index in [1.807, 2.05) is 0 Å². The Kier molecular flexibility index (Phi) is 1.18. The van der Waals surface area contributed by atoms with Crippen LogP contribution in [-0.2, 0) is 0 Å². The molecule has 1 aliphatic rings. The molecule has 0 fully saturated rings. The van der Waals surface area contributed by atoms with Gasteiger partial charge in [0, 0.05) is 0 Å². The number of nitrogens with zero attached hydrogens (tertiary/aromatic N) is 5. The molecule has 0 unspecified atom stereocenters. The second-order valence-electron chi connectivity index (χ2n) is 1.21. The van der Waals surface area contributed by atoms with Crippen molar-refractivity contribution in [3.05, 3.63) is 11.1 Å². The lowest BCUT2D eigenvalue weighted by molar-refractivity contribution is 1.10. The second kappa shape index (κ2) is 1.99. The summed E-state index contributed by atoms with van der Waals surface area (Å²) in [5.41, 5.74) is -0.0324. The van der Waals surface area contributed by atoms with E-state index in [2.05, 4.69) is 15.4 Å². The molecule has 1 heterocycles. The molecule has 0 saturated heterocycles. The lowest BCUT2D eigenvalue weighted by Crippen LogP contribution is -1.91. The lowest BCUT2D eigenvalue weighted by atomic mass is 10.3. The van der Waals surface area contributed by atoms with Crippen LogP contribution in [0.15, 0.2) is 21.1 Å². The molecule has 0 radical (unpaired) electrons. The molecule has 0 amide bonds. The van der Waals surface area contributed by atoms with E-state index in [9.17, 15) is 0 Å². The smallest absolute Gasteiger partial charge is 0.198 e. The summed E-state index contributed by atoms with van der Waals surface area (Å²) in [6, 6.07) is 1.67. The third kappa shape index (κ3) is 0.738. The van der Waals surface area contributed by atoms with E-state index in [-0.39, 0.29) is 11.4 Å². The van der Waals surface area contributed by atoms with Crippen molar-refractivity contribution in [2.75, 3.05) is 0 Å². The van der Waals surface area contributed by atoms with E-state index in [0.717, 1.165) is 0 Å². The first kappa shape index (κ1) is 5.35. The van der Waals surface area contributed by atoms with E-state index in [1.54, 1.807) is 11.9 Å². The van der Waals surface area contributed by atoms with Gasteiger partial charge in [-0.1, -0.05) is 0 Å². The van der Waals surface area contributed by atoms with E-state index < -0.39 is 0 Å². The van der Waals surface area contributed by atoms with Crippen LogP contribution in [0.1, 0.15) is 0 Å². The maximum absolute atomic E-state index is 8.19. The third-order valence-corrected chi connectivity index (χ3v) is 0.726. The molecule has 5 heteroatoms. The zero-order valence-corrected chi connectivity index (χ0v) is 4.24. The number of nitriles is 1. The maximum Gasteiger partial charge on any atom is 0.198 e. The van der Waals surface area contributed by atoms with Crippen molar-refractivity contribution < 1.29 is 0 Å². The second-order valence-corrected chi connectivity index (χ2v) is 1.21. The van der Waals surface area contributed by atoms with E-state index in [0.29, 0.717) is 0 Å². The van der Waals surface area contributed by atoms with Crippen LogP contribution in [0, 0.1) is 11.3 Å². The van der Waals surface area contributed by atoms with Crippen molar-refractivity contribution in [3.8, 4) is 6.07 Å². The zero-order chi connectivity index (χ0) is 6.69. The molecule has 42 valence electrons. The highest BCUT2D eigenvalue weighted by Crippen LogP contribution is 2.04. The van der Waals surface area contributed by atoms with Crippen molar-refractivity contribution in [2.45, 2.75) is 0 Å². The molecule has 1 aliphatic heterocycles. The van der Waals surface area contributed by atoms with Gasteiger partial charge in [0.05, 0.1) is 0 Å². The van der Waals surface area contributed by atoms with Crippen LogP contribution in [-0.4, -0.2) is 11.6 Å². The molecule has 0 aliphatic carbocycles. The first-order valence-corrected chi connectivity index (χ1v) is 2.04. The van der Waals surface area contributed by atoms with Crippen molar-refractivity contribution in [3.63, 3.8) is 0 Å². The SMILES string of the molecule is N#CC1=NN=NC1=C=[N-]. The Bertz CT molecular complexity index is 272. The van der Waals surface area contributed by atoms with Crippen LogP contribution >= 0.6 is 0 Å². The average Bonchev–Trinajstić information content (AvgIpc) is 2.33. The van der Waals surface area contributed by atoms with Gasteiger partial charge < -0.3 is 5.41 Å². The van der Waals surface area contributed by atoms with Gasteiger partial charge in [0.25, 0.3) is 0 Å². The zero-order valence-electron chi connectivity index (χ0n) is 4.24. The molecule has 0 aromatic heterocycles. The van der Waals surface area contributed by atoms with Crippen LogP contribution in [0.4, 0.5) is 0 Å². The summed E-state index contributed by atoms with van der Waals surface area (Å²) in [4.78, 5) is 0. The lowest BCUT2D eigenvalue weighted by Gasteiger charge is -1.80. The molecular weight excluding hydrogens is 118 g/mol. The van der Waals surface area contributed by atoms with Crippen molar-refractivity contribution in [2.24, 2.45) is 15.4 Å². The van der Waals surface area contributed by atoms with Crippen molar-refractivity contribution in [1.82, 2.24) is 0 Å². The van der Waals surface area contributed by atoms with Gasteiger partial charge in [0.1, 0.15) is 11.8 Å². The van der Waals surface area contributed by atoms with Crippen LogP contribution in [0.2, 0.25) is 0 Å². The highest BCUT2D eigenvalue weighted by Gasteiger charge is 2.07. The number of hydrogen-bond donors (Lipinski definition) is 0. The molecule has 0 aromatic carbocycles. The van der Waals surface area contributed by atoms with Gasteiger partial charge in [-0.2, -0.15) is 5.26 Å². The molecule has 1 rings (SSSR count). The summed E-state index contributed by atoms with van der Waals surface area (Å²) in [6.45, 7) is 0. The van der Waals surface area contributed by atoms with Crippen molar-refractivity contribution >= 4 is 11.6 Å². The predicted octanol–water partition coefficient (Wildman–Crippen LogP) is 0.455. The molecule has 9 heavy (non-hydrogen) atoms. The summed E-state index contributed by atoms with van der Waals surface area (Å²) in [5, 5.41) is 26.0. The van der Waals surface area contributed by atoms with E-state index in [1.165, 1.54) is 0 Å². The minimum absolute atomic E-state index is 0.0162. The molecule has 0 N–H and O–H groups in total. The first-order valence-electron chi connectivity index (χ1n) is 2.04. The van der Waals surface area contributed by atoms with Crippen LogP contribution in [0.25, 0.3) is 5.41 Å². The van der Waals surface area contributed by atoms with Crippen LogP contribution in [0.5, 0.6) is 0 Å². The molecule has 0 bridgehead atoms. The molecule has 0 aromatic rings. The molecule has 0 atom stereocenters. The quantitative estimate of drug-likeness (QED) is 0.425. The van der Waals surface area contributed by atoms with Gasteiger partial charge in [-0.05, 0) is 5.22 Å². The normalized spacial score (nSPS) is 14.6. The standard InChI is InChI=1S/C4N5/c5-1-3-4(2-6)8-9-7-3/q-1. The Balaban J connectivity index is 3.09. The summed E-state index contributed by atoms with van der Waals surface area (Å²) >= 11 is 0. The van der Waals surface area contributed by atoms with Gasteiger partial charge >= 0.3 is 0 Å². The average molecular weight is 118 g/mol. The Morgan fingerprint density at radius 1 is 1.56 bits per heavy atom. The monoisotopic (exact) mass is 118 g/mol. The fraction of sp³-hybridized carbons (Fsp3) is 0. The fourth-order valence-electron chi connectivity index (χ4n) is 0.357. The van der Waals surface area contributed by atoms with E-state index in [4.69, 9.17) is 10.7 Å². The maximum atomic E-state index is 8.19. The fourth-order valence-corrected chi connectivity index (χ4v) is 0.357. The van der Waals surface area contributed by atoms with Gasteiger partial charge in [-0.15, -0.1) is 10.2 Å². The van der Waals surface area contributed by atoms with Crippen LogP contribution in [0.3, 0.4) is 0 Å². The van der Waals surface area contributed by atoms with Gasteiger partial charge in [0.2, 0.25) is 0 Å². The molecular formula is C4N5-. The Morgan fingerprint density at radius 2 is 2.33 bits per heavy atom. The third-order valence-electron chi connectivity index (χ3n) is 0.726. The number of allylic oxidation sites excluding steroid dienone is 1. The molecule has 5 nitrogen and oxygen atoms in total. The largest absolute Gasteiger partial charge is 0.761 e. The number of hydrogen-bond acceptors (Lipinski definition) is 4. The highest BCUT2D eigenvalue weighted by molar-refractivity contribution is 6.16. The summed E-state index contributed by atoms with van der Waals surface area (Å²) < 4.78 is 0. The highest BCUT2D eigenvalue weighted by atomic mass is 15.4. The topological polar surface area (TPSA) is 83.2 Å². The Labute approximate surface area is 50.5 Å². The Hall–Kier alpha value is -1.79. The molecule has 0 spiro atoms. The minimum Gasteiger partial charge on any atom is -0.761 e. The minimum atomic E-state index is -0.0162. The summed E-state index contributed by atoms with van der Waals surface area (Å²) in [7, 11) is 0. The molecule has 0 saturated carbocycles.